The molecule has 1 aliphatic heterocycles. The van der Waals surface area contributed by atoms with Crippen molar-refractivity contribution in [2.24, 2.45) is 4.99 Å². The summed E-state index contributed by atoms with van der Waals surface area (Å²) in [4.78, 5) is 33.8. The van der Waals surface area contributed by atoms with Gasteiger partial charge in [-0.25, -0.2) is 24.9 Å². The van der Waals surface area contributed by atoms with Crippen molar-refractivity contribution in [3.63, 3.8) is 0 Å². The maximum Gasteiger partial charge on any atom is 0.199 e. The minimum Gasteiger partial charge on any atom is -0.294 e. The SMILES string of the molecule is O=C1CC=Nc2nc(-c3ncc4ccsc4n3)ncc21. The molecule has 0 unspecified atom stereocenters. The van der Waals surface area contributed by atoms with Crippen LogP contribution in [0.1, 0.15) is 16.8 Å². The monoisotopic (exact) mass is 281 g/mol. The summed E-state index contributed by atoms with van der Waals surface area (Å²) in [7, 11) is 0. The number of carbonyl (C=O) groups excluding carboxylic acids is 1. The lowest BCUT2D eigenvalue weighted by Crippen LogP contribution is -2.08. The summed E-state index contributed by atoms with van der Waals surface area (Å²) in [6, 6.07) is 1.96. The molecule has 4 heterocycles. The minimum atomic E-state index is -0.0174. The van der Waals surface area contributed by atoms with E-state index < -0.39 is 0 Å². The van der Waals surface area contributed by atoms with Crippen molar-refractivity contribution in [3.8, 4) is 11.6 Å². The van der Waals surface area contributed by atoms with Crippen LogP contribution in [0.15, 0.2) is 28.8 Å². The number of ketones is 1. The van der Waals surface area contributed by atoms with E-state index >= 15 is 0 Å². The topological polar surface area (TPSA) is 81.0 Å². The Kier molecular flexibility index (Phi) is 2.40. The maximum absolute atomic E-state index is 11.7. The van der Waals surface area contributed by atoms with Gasteiger partial charge in [0.25, 0.3) is 0 Å². The fraction of sp³-hybridized carbons (Fsp3) is 0.0769. The van der Waals surface area contributed by atoms with Crippen molar-refractivity contribution >= 4 is 39.4 Å². The van der Waals surface area contributed by atoms with E-state index in [1.165, 1.54) is 17.5 Å². The highest BCUT2D eigenvalue weighted by Gasteiger charge is 2.18. The van der Waals surface area contributed by atoms with Crippen LogP contribution in [-0.2, 0) is 0 Å². The van der Waals surface area contributed by atoms with Gasteiger partial charge in [-0.2, -0.15) is 0 Å². The second-order valence-corrected chi connectivity index (χ2v) is 5.14. The third kappa shape index (κ3) is 1.71. The van der Waals surface area contributed by atoms with E-state index in [0.29, 0.717) is 29.5 Å². The highest BCUT2D eigenvalue weighted by Crippen LogP contribution is 2.24. The van der Waals surface area contributed by atoms with Crippen molar-refractivity contribution in [1.82, 2.24) is 19.9 Å². The first-order valence-electron chi connectivity index (χ1n) is 5.94. The number of rotatable bonds is 1. The van der Waals surface area contributed by atoms with Crippen LogP contribution in [-0.4, -0.2) is 31.9 Å². The Morgan fingerprint density at radius 2 is 1.95 bits per heavy atom. The number of aromatic nitrogens is 4. The number of thiophene rings is 1. The molecular formula is C13H7N5OS. The number of hydrogen-bond acceptors (Lipinski definition) is 7. The highest BCUT2D eigenvalue weighted by molar-refractivity contribution is 7.16. The average molecular weight is 281 g/mol. The van der Waals surface area contributed by atoms with Gasteiger partial charge in [0.1, 0.15) is 4.83 Å². The van der Waals surface area contributed by atoms with Crippen molar-refractivity contribution in [1.29, 1.82) is 0 Å². The van der Waals surface area contributed by atoms with E-state index in [-0.39, 0.29) is 5.78 Å². The molecule has 3 aromatic rings. The van der Waals surface area contributed by atoms with Gasteiger partial charge in [0.2, 0.25) is 0 Å². The van der Waals surface area contributed by atoms with E-state index in [1.54, 1.807) is 12.4 Å². The zero-order valence-corrected chi connectivity index (χ0v) is 11.0. The molecule has 0 bridgehead atoms. The molecule has 1 aliphatic rings. The molecular weight excluding hydrogens is 274 g/mol. The molecule has 0 N–H and O–H groups in total. The lowest BCUT2D eigenvalue weighted by molar-refractivity contribution is 0.100. The molecule has 0 saturated carbocycles. The Balaban J connectivity index is 1.86. The molecule has 0 spiro atoms. The zero-order valence-electron chi connectivity index (χ0n) is 10.1. The summed E-state index contributed by atoms with van der Waals surface area (Å²) >= 11 is 1.53. The van der Waals surface area contributed by atoms with Crippen LogP contribution in [0.2, 0.25) is 0 Å². The first-order valence-corrected chi connectivity index (χ1v) is 6.82. The number of fused-ring (bicyclic) bond motifs is 2. The summed E-state index contributed by atoms with van der Waals surface area (Å²) in [5, 5.41) is 2.95. The van der Waals surface area contributed by atoms with Crippen LogP contribution >= 0.6 is 11.3 Å². The van der Waals surface area contributed by atoms with Gasteiger partial charge < -0.3 is 0 Å². The maximum atomic E-state index is 11.7. The molecule has 4 rings (SSSR count). The van der Waals surface area contributed by atoms with Gasteiger partial charge in [0.05, 0.1) is 5.56 Å². The Morgan fingerprint density at radius 1 is 1.10 bits per heavy atom. The first-order chi connectivity index (χ1) is 9.81. The van der Waals surface area contributed by atoms with Crippen LogP contribution in [0.25, 0.3) is 21.9 Å². The van der Waals surface area contributed by atoms with E-state index in [9.17, 15) is 4.79 Å². The highest BCUT2D eigenvalue weighted by atomic mass is 32.1. The first kappa shape index (κ1) is 11.3. The summed E-state index contributed by atoms with van der Waals surface area (Å²) in [6.45, 7) is 0. The number of carbonyl (C=O) groups is 1. The Bertz CT molecular complexity index is 870. The van der Waals surface area contributed by atoms with Crippen molar-refractivity contribution < 1.29 is 4.79 Å². The van der Waals surface area contributed by atoms with Crippen LogP contribution in [0.5, 0.6) is 0 Å². The molecule has 0 aliphatic carbocycles. The van der Waals surface area contributed by atoms with Gasteiger partial charge in [0, 0.05) is 30.4 Å². The second-order valence-electron chi connectivity index (χ2n) is 4.24. The van der Waals surface area contributed by atoms with E-state index in [0.717, 1.165) is 10.2 Å². The van der Waals surface area contributed by atoms with Gasteiger partial charge in [-0.05, 0) is 11.4 Å². The summed E-state index contributed by atoms with van der Waals surface area (Å²) in [5.41, 5.74) is 0.452. The fourth-order valence-corrected chi connectivity index (χ4v) is 2.70. The summed E-state index contributed by atoms with van der Waals surface area (Å²) in [6.07, 6.45) is 5.10. The molecule has 0 fully saturated rings. The number of nitrogens with zero attached hydrogens (tertiary/aromatic N) is 5. The third-order valence-corrected chi connectivity index (χ3v) is 3.79. The Hall–Kier alpha value is -2.54. The predicted octanol–water partition coefficient (Wildman–Crippen LogP) is 2.44. The summed E-state index contributed by atoms with van der Waals surface area (Å²) in [5.74, 6) is 1.19. The van der Waals surface area contributed by atoms with Gasteiger partial charge in [-0.1, -0.05) is 0 Å². The molecule has 6 nitrogen and oxygen atoms in total. The minimum absolute atomic E-state index is 0.0174. The molecule has 0 aromatic carbocycles. The average Bonchev–Trinajstić information content (AvgIpc) is 2.94. The standard InChI is InChI=1S/C13H7N5OS/c19-9-1-3-14-10-8(9)6-16-11(17-10)12-15-5-7-2-4-20-13(7)18-12/h2-6H,1H2. The second kappa shape index (κ2) is 4.24. The smallest absolute Gasteiger partial charge is 0.199 e. The van der Waals surface area contributed by atoms with Gasteiger partial charge in [-0.15, -0.1) is 11.3 Å². The van der Waals surface area contributed by atoms with Crippen molar-refractivity contribution in [2.45, 2.75) is 6.42 Å². The van der Waals surface area contributed by atoms with Crippen molar-refractivity contribution in [3.05, 3.63) is 29.4 Å². The third-order valence-electron chi connectivity index (χ3n) is 2.97. The Morgan fingerprint density at radius 3 is 2.90 bits per heavy atom. The molecule has 96 valence electrons. The lowest BCUT2D eigenvalue weighted by atomic mass is 10.1. The van der Waals surface area contributed by atoms with E-state index in [1.807, 2.05) is 11.4 Å². The number of Topliss-reactive ketones (excluding diaryl/α,β-unsaturated/α-hetero) is 1. The van der Waals surface area contributed by atoms with Gasteiger partial charge in [0.15, 0.2) is 23.2 Å². The molecule has 0 amide bonds. The van der Waals surface area contributed by atoms with E-state index in [4.69, 9.17) is 0 Å². The number of hydrogen-bond donors (Lipinski definition) is 0. The largest absolute Gasteiger partial charge is 0.294 e. The summed E-state index contributed by atoms with van der Waals surface area (Å²) < 4.78 is 0. The molecule has 0 saturated heterocycles. The molecule has 0 radical (unpaired) electrons. The molecule has 20 heavy (non-hydrogen) atoms. The number of aliphatic imine (C=N–C) groups is 1. The molecule has 0 atom stereocenters. The van der Waals surface area contributed by atoms with Crippen LogP contribution in [0.3, 0.4) is 0 Å². The van der Waals surface area contributed by atoms with Crippen LogP contribution in [0, 0.1) is 0 Å². The van der Waals surface area contributed by atoms with Crippen LogP contribution in [0.4, 0.5) is 5.82 Å². The van der Waals surface area contributed by atoms with Gasteiger partial charge in [-0.3, -0.25) is 4.79 Å². The fourth-order valence-electron chi connectivity index (χ4n) is 1.96. The van der Waals surface area contributed by atoms with E-state index in [2.05, 4.69) is 24.9 Å². The lowest BCUT2D eigenvalue weighted by Gasteiger charge is -2.07. The normalized spacial score (nSPS) is 13.7. The van der Waals surface area contributed by atoms with Crippen LogP contribution < -0.4 is 0 Å². The van der Waals surface area contributed by atoms with Gasteiger partial charge >= 0.3 is 0 Å². The van der Waals surface area contributed by atoms with Crippen molar-refractivity contribution in [2.75, 3.05) is 0 Å². The zero-order chi connectivity index (χ0) is 13.5. The molecule has 7 heteroatoms. The Labute approximate surface area is 117 Å². The predicted molar refractivity (Wildman–Crippen MR) is 75.5 cm³/mol. The quantitative estimate of drug-likeness (QED) is 0.684. The molecule has 3 aromatic heterocycles.